The van der Waals surface area contributed by atoms with Gasteiger partial charge in [-0.3, -0.25) is 14.6 Å². The Balaban J connectivity index is 1.17. The lowest BCUT2D eigenvalue weighted by molar-refractivity contribution is -0.189. The second kappa shape index (κ2) is 13.8. The van der Waals surface area contributed by atoms with Gasteiger partial charge in [0.2, 0.25) is 5.79 Å². The minimum Gasteiger partial charge on any atom is -0.490 e. The molecule has 0 N–H and O–H groups in total. The van der Waals surface area contributed by atoms with Crippen LogP contribution in [-0.2, 0) is 37.9 Å². The molecule has 3 heterocycles. The molecule has 2 aromatic carbocycles. The number of aromatic nitrogens is 2. The Bertz CT molecular complexity index is 1410. The SMILES string of the molecule is Cc1cc(CN2CCN(CC(=O)OC(C)(C)C)CC2)cc(C)c1OC[C@@H]1CO[C@@](Cn2ccnc2)(c2ccc(Cl)cc2Cl)O1. The molecule has 1 aromatic heterocycles. The Hall–Kier alpha value is -2.66. The second-order valence-corrected chi connectivity index (χ2v) is 13.5. The number of halogens is 2. The zero-order chi connectivity index (χ0) is 31.5. The maximum Gasteiger partial charge on any atom is 0.320 e. The molecule has 2 aliphatic heterocycles. The second-order valence-electron chi connectivity index (χ2n) is 12.7. The smallest absolute Gasteiger partial charge is 0.320 e. The lowest BCUT2D eigenvalue weighted by Gasteiger charge is -2.34. The number of hydrogen-bond acceptors (Lipinski definition) is 8. The fourth-order valence-electron chi connectivity index (χ4n) is 5.83. The van der Waals surface area contributed by atoms with E-state index in [1.807, 2.05) is 37.6 Å². The number of piperazine rings is 1. The minimum atomic E-state index is -1.10. The largest absolute Gasteiger partial charge is 0.490 e. The molecule has 0 amide bonds. The number of esters is 1. The van der Waals surface area contributed by atoms with Gasteiger partial charge in [-0.05, 0) is 63.4 Å². The lowest BCUT2D eigenvalue weighted by atomic mass is 10.0. The van der Waals surface area contributed by atoms with Gasteiger partial charge in [-0.1, -0.05) is 41.4 Å². The zero-order valence-electron chi connectivity index (χ0n) is 26.1. The van der Waals surface area contributed by atoms with Gasteiger partial charge >= 0.3 is 5.97 Å². The van der Waals surface area contributed by atoms with Crippen LogP contribution >= 0.6 is 23.2 Å². The van der Waals surface area contributed by atoms with Crippen molar-refractivity contribution in [2.75, 3.05) is 45.9 Å². The van der Waals surface area contributed by atoms with Crippen LogP contribution in [-0.4, -0.2) is 83.0 Å². The normalized spacial score (nSPS) is 21.5. The monoisotopic (exact) mass is 644 g/mol. The minimum absolute atomic E-state index is 0.167. The quantitative estimate of drug-likeness (QED) is 0.264. The molecule has 3 aromatic rings. The van der Waals surface area contributed by atoms with Crippen LogP contribution in [0.1, 0.15) is 43.0 Å². The summed E-state index contributed by atoms with van der Waals surface area (Å²) in [7, 11) is 0. The Kier molecular flexibility index (Phi) is 10.2. The van der Waals surface area contributed by atoms with Gasteiger partial charge in [-0.15, -0.1) is 0 Å². The van der Waals surface area contributed by atoms with Crippen molar-refractivity contribution in [1.82, 2.24) is 19.4 Å². The number of hydrogen-bond donors (Lipinski definition) is 0. The van der Waals surface area contributed by atoms with E-state index in [9.17, 15) is 4.79 Å². The van der Waals surface area contributed by atoms with Crippen molar-refractivity contribution in [3.05, 3.63) is 81.4 Å². The third-order valence-electron chi connectivity index (χ3n) is 7.73. The van der Waals surface area contributed by atoms with E-state index in [1.54, 1.807) is 24.7 Å². The highest BCUT2D eigenvalue weighted by atomic mass is 35.5. The van der Waals surface area contributed by atoms with Crippen LogP contribution < -0.4 is 4.74 Å². The van der Waals surface area contributed by atoms with E-state index in [-0.39, 0.29) is 12.1 Å². The van der Waals surface area contributed by atoms with Crippen molar-refractivity contribution in [2.45, 2.75) is 65.2 Å². The lowest BCUT2D eigenvalue weighted by Crippen LogP contribution is -2.48. The van der Waals surface area contributed by atoms with Gasteiger partial charge in [-0.25, -0.2) is 4.98 Å². The first-order valence-corrected chi connectivity index (χ1v) is 15.8. The first-order valence-electron chi connectivity index (χ1n) is 15.0. The van der Waals surface area contributed by atoms with Gasteiger partial charge in [0, 0.05) is 55.7 Å². The molecule has 0 saturated carbocycles. The highest BCUT2D eigenvalue weighted by Crippen LogP contribution is 2.41. The van der Waals surface area contributed by atoms with E-state index < -0.39 is 11.4 Å². The van der Waals surface area contributed by atoms with Crippen molar-refractivity contribution in [2.24, 2.45) is 0 Å². The summed E-state index contributed by atoms with van der Waals surface area (Å²) in [5.41, 5.74) is 3.65. The van der Waals surface area contributed by atoms with Crippen LogP contribution in [0, 0.1) is 13.8 Å². The standard InChI is InChI=1S/C33H42Cl2N4O5/c1-23-14-25(17-37-10-12-38(13-11-37)18-30(40)44-32(3,4)5)15-24(2)31(23)41-19-27-20-42-33(43-27,21-39-9-8-36-22-39)28-7-6-26(34)16-29(28)35/h6-9,14-16,22,27H,10-13,17-21H2,1-5H3/t27-,33-/m1/s1. The summed E-state index contributed by atoms with van der Waals surface area (Å²) < 4.78 is 26.6. The molecule has 11 heteroatoms. The number of carbonyl (C=O) groups excluding carboxylic acids is 1. The molecule has 0 radical (unpaired) electrons. The van der Waals surface area contributed by atoms with Crippen molar-refractivity contribution in [3.63, 3.8) is 0 Å². The summed E-state index contributed by atoms with van der Waals surface area (Å²) in [5, 5.41) is 1.02. The first-order chi connectivity index (χ1) is 20.9. The Labute approximate surface area is 269 Å². The van der Waals surface area contributed by atoms with E-state index in [4.69, 9.17) is 42.1 Å². The Morgan fingerprint density at radius 3 is 2.41 bits per heavy atom. The van der Waals surface area contributed by atoms with Crippen molar-refractivity contribution in [3.8, 4) is 5.75 Å². The van der Waals surface area contributed by atoms with Crippen LogP contribution in [0.15, 0.2) is 49.1 Å². The number of carbonyl (C=O) groups is 1. The number of imidazole rings is 1. The molecule has 2 atom stereocenters. The molecule has 0 spiro atoms. The number of rotatable bonds is 10. The molecule has 0 unspecified atom stereocenters. The number of nitrogens with zero attached hydrogens (tertiary/aromatic N) is 4. The van der Waals surface area contributed by atoms with Crippen LogP contribution in [0.25, 0.3) is 0 Å². The third kappa shape index (κ3) is 8.33. The zero-order valence-corrected chi connectivity index (χ0v) is 27.7. The molecule has 5 rings (SSSR count). The molecule has 44 heavy (non-hydrogen) atoms. The molecular weight excluding hydrogens is 603 g/mol. The fraction of sp³-hybridized carbons (Fsp3) is 0.515. The maximum atomic E-state index is 12.2. The summed E-state index contributed by atoms with van der Waals surface area (Å²) in [6.07, 6.45) is 5.00. The summed E-state index contributed by atoms with van der Waals surface area (Å²) in [6, 6.07) is 9.71. The predicted molar refractivity (Wildman–Crippen MR) is 170 cm³/mol. The van der Waals surface area contributed by atoms with Gasteiger partial charge in [0.05, 0.1) is 31.0 Å². The number of benzene rings is 2. The van der Waals surface area contributed by atoms with Crippen LogP contribution in [0.4, 0.5) is 0 Å². The molecule has 2 fully saturated rings. The third-order valence-corrected chi connectivity index (χ3v) is 8.28. The summed E-state index contributed by atoms with van der Waals surface area (Å²) in [6.45, 7) is 15.6. The fourth-order valence-corrected chi connectivity index (χ4v) is 6.38. The van der Waals surface area contributed by atoms with Crippen molar-refractivity contribution < 1.29 is 23.7 Å². The van der Waals surface area contributed by atoms with Gasteiger partial charge in [-0.2, -0.15) is 0 Å². The molecular formula is C33H42Cl2N4O5. The average Bonchev–Trinajstić information content (AvgIpc) is 3.59. The van der Waals surface area contributed by atoms with E-state index in [0.29, 0.717) is 41.9 Å². The van der Waals surface area contributed by atoms with Crippen LogP contribution in [0.2, 0.25) is 10.0 Å². The van der Waals surface area contributed by atoms with E-state index in [1.165, 1.54) is 5.56 Å². The number of aryl methyl sites for hydroxylation is 2. The van der Waals surface area contributed by atoms with Gasteiger partial charge in [0.1, 0.15) is 24.1 Å². The topological polar surface area (TPSA) is 78.3 Å². The maximum absolute atomic E-state index is 12.2. The predicted octanol–water partition coefficient (Wildman–Crippen LogP) is 5.61. The van der Waals surface area contributed by atoms with Gasteiger partial charge in [0.15, 0.2) is 0 Å². The van der Waals surface area contributed by atoms with Crippen LogP contribution in [0.5, 0.6) is 5.75 Å². The summed E-state index contributed by atoms with van der Waals surface area (Å²) in [5.74, 6) is -0.405. The molecule has 2 aliphatic rings. The Morgan fingerprint density at radius 1 is 1.07 bits per heavy atom. The van der Waals surface area contributed by atoms with Crippen LogP contribution in [0.3, 0.4) is 0 Å². The van der Waals surface area contributed by atoms with E-state index in [2.05, 4.69) is 40.8 Å². The van der Waals surface area contributed by atoms with Gasteiger partial charge in [0.25, 0.3) is 0 Å². The highest BCUT2D eigenvalue weighted by molar-refractivity contribution is 6.35. The molecule has 9 nitrogen and oxygen atoms in total. The molecule has 0 bridgehead atoms. The highest BCUT2D eigenvalue weighted by Gasteiger charge is 2.45. The molecule has 2 saturated heterocycles. The first kappa shape index (κ1) is 32.7. The van der Waals surface area contributed by atoms with Crippen molar-refractivity contribution in [1.29, 1.82) is 0 Å². The Morgan fingerprint density at radius 2 is 1.77 bits per heavy atom. The van der Waals surface area contributed by atoms with Crippen molar-refractivity contribution >= 4 is 29.2 Å². The number of ether oxygens (including phenoxy) is 4. The van der Waals surface area contributed by atoms with E-state index in [0.717, 1.165) is 49.6 Å². The average molecular weight is 646 g/mol. The molecule has 238 valence electrons. The van der Waals surface area contributed by atoms with E-state index >= 15 is 0 Å². The van der Waals surface area contributed by atoms with Gasteiger partial charge < -0.3 is 23.5 Å². The summed E-state index contributed by atoms with van der Waals surface area (Å²) in [4.78, 5) is 21.0. The molecule has 0 aliphatic carbocycles. The summed E-state index contributed by atoms with van der Waals surface area (Å²) >= 11 is 12.8.